The van der Waals surface area contributed by atoms with Crippen molar-refractivity contribution in [3.05, 3.63) is 18.5 Å². The molecule has 3 saturated heterocycles. The maximum absolute atomic E-state index is 6.66. The third kappa shape index (κ3) is 3.55. The lowest BCUT2D eigenvalue weighted by atomic mass is 9.90. The highest BCUT2D eigenvalue weighted by atomic mass is 16.5. The molecule has 0 radical (unpaired) electrons. The number of hydrogen-bond acceptors (Lipinski definition) is 6. The minimum absolute atomic E-state index is 0.0225. The number of rotatable bonds is 3. The maximum atomic E-state index is 6.66. The molecular weight excluding hydrogens is 302 g/mol. The smallest absolute Gasteiger partial charge is 0.225 e. The zero-order chi connectivity index (χ0) is 16.4. The number of aromatic nitrogens is 2. The molecule has 3 aliphatic rings. The van der Waals surface area contributed by atoms with E-state index < -0.39 is 0 Å². The molecule has 0 bridgehead atoms. The molecule has 0 unspecified atom stereocenters. The molecule has 0 aliphatic carbocycles. The van der Waals surface area contributed by atoms with Crippen LogP contribution >= 0.6 is 0 Å². The number of hydrogen-bond donors (Lipinski definition) is 0. The molecule has 0 aromatic carbocycles. The fourth-order valence-electron chi connectivity index (χ4n) is 4.34. The Bertz CT molecular complexity index is 533. The normalized spacial score (nSPS) is 32.5. The highest BCUT2D eigenvalue weighted by molar-refractivity contribution is 5.32. The van der Waals surface area contributed by atoms with Gasteiger partial charge < -0.3 is 14.5 Å². The van der Waals surface area contributed by atoms with Crippen LogP contribution in [0.4, 0.5) is 5.95 Å². The summed E-state index contributed by atoms with van der Waals surface area (Å²) in [5, 5.41) is 0. The van der Waals surface area contributed by atoms with Gasteiger partial charge in [-0.05, 0) is 38.8 Å². The lowest BCUT2D eigenvalue weighted by Crippen LogP contribution is -2.51. The molecule has 0 saturated carbocycles. The maximum Gasteiger partial charge on any atom is 0.225 e. The van der Waals surface area contributed by atoms with Crippen molar-refractivity contribution < 1.29 is 4.74 Å². The Labute approximate surface area is 144 Å². The molecule has 0 amide bonds. The summed E-state index contributed by atoms with van der Waals surface area (Å²) in [4.78, 5) is 16.1. The molecule has 6 nitrogen and oxygen atoms in total. The fourth-order valence-corrected chi connectivity index (χ4v) is 4.34. The van der Waals surface area contributed by atoms with E-state index >= 15 is 0 Å². The first-order valence-electron chi connectivity index (χ1n) is 9.33. The molecule has 6 heteroatoms. The van der Waals surface area contributed by atoms with Gasteiger partial charge in [0.15, 0.2) is 0 Å². The Morgan fingerprint density at radius 1 is 1.12 bits per heavy atom. The van der Waals surface area contributed by atoms with E-state index in [1.54, 1.807) is 0 Å². The van der Waals surface area contributed by atoms with Gasteiger partial charge in [-0.1, -0.05) is 0 Å². The molecule has 4 heterocycles. The molecule has 2 atom stereocenters. The summed E-state index contributed by atoms with van der Waals surface area (Å²) >= 11 is 0. The van der Waals surface area contributed by atoms with Gasteiger partial charge in [0, 0.05) is 58.2 Å². The Kier molecular flexibility index (Phi) is 4.70. The van der Waals surface area contributed by atoms with Crippen LogP contribution in [0.2, 0.25) is 0 Å². The van der Waals surface area contributed by atoms with Crippen LogP contribution in [0.15, 0.2) is 18.5 Å². The first kappa shape index (κ1) is 16.2. The molecule has 4 rings (SSSR count). The van der Waals surface area contributed by atoms with Crippen molar-refractivity contribution in [3.8, 4) is 0 Å². The third-order valence-corrected chi connectivity index (χ3v) is 5.78. The topological polar surface area (TPSA) is 44.7 Å². The largest absolute Gasteiger partial charge is 0.369 e. The lowest BCUT2D eigenvalue weighted by Gasteiger charge is -2.41. The Balaban J connectivity index is 1.35. The summed E-state index contributed by atoms with van der Waals surface area (Å²) < 4.78 is 6.66. The van der Waals surface area contributed by atoms with Gasteiger partial charge in [0.25, 0.3) is 0 Å². The second-order valence-electron chi connectivity index (χ2n) is 7.64. The fraction of sp³-hybridized carbons (Fsp3) is 0.778. The van der Waals surface area contributed by atoms with Crippen LogP contribution in [0.1, 0.15) is 25.7 Å². The number of anilines is 1. The van der Waals surface area contributed by atoms with Crippen LogP contribution < -0.4 is 4.90 Å². The quantitative estimate of drug-likeness (QED) is 0.830. The van der Waals surface area contributed by atoms with E-state index in [0.717, 1.165) is 32.0 Å². The van der Waals surface area contributed by atoms with Crippen LogP contribution in [-0.4, -0.2) is 84.3 Å². The highest BCUT2D eigenvalue weighted by Crippen LogP contribution is 2.37. The molecule has 24 heavy (non-hydrogen) atoms. The standard InChI is InChI=1S/C18H29N5O/c1-21-10-12-22(13-11-21)14-16-4-2-5-18(24-16)6-9-23(15-18)17-19-7-3-8-20-17/h3,7-8,16H,2,4-6,9-15H2,1H3/t16-,18-/m1/s1. The Hall–Kier alpha value is -1.24. The summed E-state index contributed by atoms with van der Waals surface area (Å²) in [5.74, 6) is 0.846. The van der Waals surface area contributed by atoms with Crippen molar-refractivity contribution in [2.24, 2.45) is 0 Å². The first-order valence-corrected chi connectivity index (χ1v) is 9.33. The zero-order valence-corrected chi connectivity index (χ0v) is 14.7. The number of likely N-dealkylation sites (N-methyl/N-ethyl adjacent to an activating group) is 1. The van der Waals surface area contributed by atoms with Crippen LogP contribution in [0, 0.1) is 0 Å². The monoisotopic (exact) mass is 331 g/mol. The second kappa shape index (κ2) is 6.94. The second-order valence-corrected chi connectivity index (χ2v) is 7.64. The third-order valence-electron chi connectivity index (χ3n) is 5.78. The number of piperazine rings is 1. The lowest BCUT2D eigenvalue weighted by molar-refractivity contribution is -0.125. The zero-order valence-electron chi connectivity index (χ0n) is 14.7. The SMILES string of the molecule is CN1CCN(C[C@H]2CCC[C@]3(CCN(c4ncccn4)C3)O2)CC1. The number of ether oxygens (including phenoxy) is 1. The van der Waals surface area contributed by atoms with Crippen LogP contribution in [0.3, 0.4) is 0 Å². The van der Waals surface area contributed by atoms with E-state index in [0.29, 0.717) is 6.10 Å². The summed E-state index contributed by atoms with van der Waals surface area (Å²) in [5.41, 5.74) is 0.0225. The predicted octanol–water partition coefficient (Wildman–Crippen LogP) is 1.24. The van der Waals surface area contributed by atoms with Gasteiger partial charge in [-0.3, -0.25) is 4.90 Å². The van der Waals surface area contributed by atoms with Crippen molar-refractivity contribution in [1.82, 2.24) is 19.8 Å². The minimum atomic E-state index is 0.0225. The molecule has 1 aromatic rings. The van der Waals surface area contributed by atoms with E-state index in [2.05, 4.69) is 31.7 Å². The van der Waals surface area contributed by atoms with E-state index in [-0.39, 0.29) is 5.60 Å². The van der Waals surface area contributed by atoms with Crippen LogP contribution in [-0.2, 0) is 4.74 Å². The van der Waals surface area contributed by atoms with Gasteiger partial charge in [0.2, 0.25) is 5.95 Å². The molecule has 3 fully saturated rings. The Morgan fingerprint density at radius 2 is 1.92 bits per heavy atom. The predicted molar refractivity (Wildman–Crippen MR) is 94.3 cm³/mol. The molecule has 1 spiro atoms. The van der Waals surface area contributed by atoms with Crippen molar-refractivity contribution in [2.45, 2.75) is 37.4 Å². The van der Waals surface area contributed by atoms with Gasteiger partial charge in [-0.25, -0.2) is 9.97 Å². The summed E-state index contributed by atoms with van der Waals surface area (Å²) in [6.07, 6.45) is 8.80. The van der Waals surface area contributed by atoms with Crippen LogP contribution in [0.5, 0.6) is 0 Å². The average Bonchev–Trinajstić information content (AvgIpc) is 3.01. The van der Waals surface area contributed by atoms with E-state index in [1.807, 2.05) is 18.5 Å². The molecule has 132 valence electrons. The molecule has 1 aromatic heterocycles. The van der Waals surface area contributed by atoms with Crippen molar-refractivity contribution in [3.63, 3.8) is 0 Å². The molecular formula is C18H29N5O. The summed E-state index contributed by atoms with van der Waals surface area (Å²) in [6.45, 7) is 7.74. The van der Waals surface area contributed by atoms with Crippen LogP contribution in [0.25, 0.3) is 0 Å². The van der Waals surface area contributed by atoms with Crippen molar-refractivity contribution in [1.29, 1.82) is 0 Å². The minimum Gasteiger partial charge on any atom is -0.369 e. The van der Waals surface area contributed by atoms with Crippen molar-refractivity contribution in [2.75, 3.05) is 57.8 Å². The van der Waals surface area contributed by atoms with Gasteiger partial charge >= 0.3 is 0 Å². The van der Waals surface area contributed by atoms with E-state index in [4.69, 9.17) is 4.74 Å². The molecule has 0 N–H and O–H groups in total. The van der Waals surface area contributed by atoms with Gasteiger partial charge in [-0.15, -0.1) is 0 Å². The average molecular weight is 331 g/mol. The highest BCUT2D eigenvalue weighted by Gasteiger charge is 2.44. The van der Waals surface area contributed by atoms with Gasteiger partial charge in [-0.2, -0.15) is 0 Å². The Morgan fingerprint density at radius 3 is 2.71 bits per heavy atom. The van der Waals surface area contributed by atoms with Gasteiger partial charge in [0.1, 0.15) is 0 Å². The molecule has 3 aliphatic heterocycles. The summed E-state index contributed by atoms with van der Waals surface area (Å²) in [7, 11) is 2.21. The summed E-state index contributed by atoms with van der Waals surface area (Å²) in [6, 6.07) is 1.87. The van der Waals surface area contributed by atoms with E-state index in [1.165, 1.54) is 45.4 Å². The van der Waals surface area contributed by atoms with Crippen molar-refractivity contribution >= 4 is 5.95 Å². The number of nitrogens with zero attached hydrogens (tertiary/aromatic N) is 5. The van der Waals surface area contributed by atoms with Gasteiger partial charge in [0.05, 0.1) is 11.7 Å². The first-order chi connectivity index (χ1) is 11.7. The van der Waals surface area contributed by atoms with E-state index in [9.17, 15) is 0 Å².